The summed E-state index contributed by atoms with van der Waals surface area (Å²) in [5.41, 5.74) is 2.95. The van der Waals surface area contributed by atoms with E-state index in [2.05, 4.69) is 26.2 Å². The number of carboxylic acids is 1. The number of carbonyl (C=O) groups is 1. The Morgan fingerprint density at radius 2 is 2.15 bits per heavy atom. The van der Waals surface area contributed by atoms with Crippen LogP contribution in [0, 0.1) is 6.92 Å². The predicted octanol–water partition coefficient (Wildman–Crippen LogP) is 4.16. The molecule has 4 nitrogen and oxygen atoms in total. The van der Waals surface area contributed by atoms with E-state index in [1.54, 1.807) is 6.07 Å². The van der Waals surface area contributed by atoms with E-state index in [4.69, 9.17) is 5.11 Å². The number of benzene rings is 1. The lowest BCUT2D eigenvalue weighted by Gasteiger charge is -2.11. The second kappa shape index (κ2) is 6.05. The van der Waals surface area contributed by atoms with E-state index in [9.17, 15) is 4.79 Å². The van der Waals surface area contributed by atoms with E-state index in [1.807, 2.05) is 32.0 Å². The molecule has 1 heterocycles. The van der Waals surface area contributed by atoms with Gasteiger partial charge in [-0.05, 0) is 53.0 Å². The molecule has 0 aliphatic rings. The van der Waals surface area contributed by atoms with Gasteiger partial charge in [-0.2, -0.15) is 0 Å². The van der Waals surface area contributed by atoms with Crippen LogP contribution in [0.15, 0.2) is 34.8 Å². The highest BCUT2D eigenvalue weighted by Gasteiger charge is 2.09. The van der Waals surface area contributed by atoms with E-state index in [-0.39, 0.29) is 5.56 Å². The van der Waals surface area contributed by atoms with E-state index in [1.165, 1.54) is 6.07 Å². The second-order valence-electron chi connectivity index (χ2n) is 4.45. The normalized spacial score (nSPS) is 10.3. The minimum atomic E-state index is -0.951. The van der Waals surface area contributed by atoms with Crippen LogP contribution in [0.1, 0.15) is 28.5 Å². The molecule has 0 bridgehead atoms. The average Bonchev–Trinajstić information content (AvgIpc) is 2.43. The average molecular weight is 335 g/mol. The van der Waals surface area contributed by atoms with Crippen molar-refractivity contribution in [2.75, 3.05) is 5.32 Å². The fraction of sp³-hybridized carbons (Fsp3) is 0.200. The summed E-state index contributed by atoms with van der Waals surface area (Å²) in [6.45, 7) is 3.94. The fourth-order valence-electron chi connectivity index (χ4n) is 1.84. The number of rotatable bonds is 4. The lowest BCUT2D eigenvalue weighted by atomic mass is 10.2. The number of nitrogens with zero attached hydrogens (tertiary/aromatic N) is 1. The number of aromatic carboxylic acids is 1. The molecule has 2 rings (SSSR count). The van der Waals surface area contributed by atoms with Crippen LogP contribution in [0.5, 0.6) is 0 Å². The first kappa shape index (κ1) is 14.5. The second-order valence-corrected chi connectivity index (χ2v) is 5.25. The highest BCUT2D eigenvalue weighted by Crippen LogP contribution is 2.28. The summed E-state index contributed by atoms with van der Waals surface area (Å²) < 4.78 is 0.945. The summed E-state index contributed by atoms with van der Waals surface area (Å²) >= 11 is 3.51. The summed E-state index contributed by atoms with van der Waals surface area (Å²) in [5.74, 6) is -0.415. The van der Waals surface area contributed by atoms with Crippen LogP contribution < -0.4 is 5.32 Å². The molecule has 2 N–H and O–H groups in total. The minimum absolute atomic E-state index is 0.239. The number of hydrogen-bond acceptors (Lipinski definition) is 3. The summed E-state index contributed by atoms with van der Waals surface area (Å²) in [5, 5.41) is 12.3. The predicted molar refractivity (Wildman–Crippen MR) is 82.7 cm³/mol. The number of nitrogens with one attached hydrogen (secondary N) is 1. The van der Waals surface area contributed by atoms with Gasteiger partial charge < -0.3 is 10.4 Å². The van der Waals surface area contributed by atoms with Gasteiger partial charge in [-0.25, -0.2) is 9.78 Å². The number of pyridine rings is 1. The zero-order valence-corrected chi connectivity index (χ0v) is 12.9. The maximum absolute atomic E-state index is 11.1. The van der Waals surface area contributed by atoms with Crippen LogP contribution >= 0.6 is 15.9 Å². The molecule has 0 spiro atoms. The van der Waals surface area contributed by atoms with Crippen molar-refractivity contribution in [2.45, 2.75) is 20.3 Å². The Morgan fingerprint density at radius 1 is 1.40 bits per heavy atom. The lowest BCUT2D eigenvalue weighted by molar-refractivity contribution is 0.0696. The van der Waals surface area contributed by atoms with Crippen LogP contribution in [-0.4, -0.2) is 16.1 Å². The number of anilines is 2. The van der Waals surface area contributed by atoms with Crippen molar-refractivity contribution in [3.63, 3.8) is 0 Å². The third-order valence-corrected chi connectivity index (χ3v) is 3.99. The van der Waals surface area contributed by atoms with E-state index in [0.29, 0.717) is 12.2 Å². The van der Waals surface area contributed by atoms with Crippen LogP contribution in [0.2, 0.25) is 0 Å². The van der Waals surface area contributed by atoms with Gasteiger partial charge in [0.15, 0.2) is 0 Å². The number of hydrogen-bond donors (Lipinski definition) is 2. The molecule has 0 unspecified atom stereocenters. The third-order valence-electron chi connectivity index (χ3n) is 2.94. The summed E-state index contributed by atoms with van der Waals surface area (Å²) in [4.78, 5) is 15.5. The molecule has 5 heteroatoms. The van der Waals surface area contributed by atoms with Crippen molar-refractivity contribution in [3.8, 4) is 0 Å². The molecule has 2 aromatic rings. The highest BCUT2D eigenvalue weighted by atomic mass is 79.9. The largest absolute Gasteiger partial charge is 0.478 e. The van der Waals surface area contributed by atoms with E-state index < -0.39 is 5.97 Å². The standard InChI is InChI=1S/C15H15BrN2O2/c1-3-11-7-10(15(19)20)8-13(17-11)18-12-6-4-5-9(2)14(12)16/h4-8H,3H2,1-2H3,(H,17,18)(H,19,20). The van der Waals surface area contributed by atoms with Crippen molar-refractivity contribution < 1.29 is 9.90 Å². The van der Waals surface area contributed by atoms with Crippen LogP contribution in [0.4, 0.5) is 11.5 Å². The zero-order valence-electron chi connectivity index (χ0n) is 11.3. The van der Waals surface area contributed by atoms with Gasteiger partial charge in [0.2, 0.25) is 0 Å². The molecule has 0 saturated carbocycles. The Bertz CT molecular complexity index is 656. The van der Waals surface area contributed by atoms with Crippen molar-refractivity contribution >= 4 is 33.4 Å². The molecule has 0 radical (unpaired) electrons. The smallest absolute Gasteiger partial charge is 0.335 e. The summed E-state index contributed by atoms with van der Waals surface area (Å²) in [6.07, 6.45) is 0.685. The van der Waals surface area contributed by atoms with Gasteiger partial charge >= 0.3 is 5.97 Å². The Kier molecular flexibility index (Phi) is 4.39. The molecule has 0 amide bonds. The van der Waals surface area contributed by atoms with Gasteiger partial charge in [-0.1, -0.05) is 19.1 Å². The molecule has 1 aromatic heterocycles. The van der Waals surface area contributed by atoms with E-state index >= 15 is 0 Å². The third kappa shape index (κ3) is 3.17. The zero-order chi connectivity index (χ0) is 14.7. The molecule has 20 heavy (non-hydrogen) atoms. The quantitative estimate of drug-likeness (QED) is 0.881. The number of aryl methyl sites for hydroxylation is 2. The highest BCUT2D eigenvalue weighted by molar-refractivity contribution is 9.10. The van der Waals surface area contributed by atoms with Gasteiger partial charge in [0.05, 0.1) is 11.3 Å². The molecular formula is C15H15BrN2O2. The summed E-state index contributed by atoms with van der Waals surface area (Å²) in [6, 6.07) is 8.98. The molecular weight excluding hydrogens is 320 g/mol. The molecule has 0 atom stereocenters. The van der Waals surface area contributed by atoms with Crippen molar-refractivity contribution in [2.24, 2.45) is 0 Å². The molecule has 0 aliphatic carbocycles. The fourth-order valence-corrected chi connectivity index (χ4v) is 2.20. The Hall–Kier alpha value is -1.88. The number of aromatic nitrogens is 1. The van der Waals surface area contributed by atoms with Gasteiger partial charge in [0.25, 0.3) is 0 Å². The van der Waals surface area contributed by atoms with Gasteiger partial charge in [-0.15, -0.1) is 0 Å². The number of halogens is 1. The monoisotopic (exact) mass is 334 g/mol. The maximum atomic E-state index is 11.1. The Balaban J connectivity index is 2.40. The minimum Gasteiger partial charge on any atom is -0.478 e. The molecule has 0 saturated heterocycles. The summed E-state index contributed by atoms with van der Waals surface area (Å²) in [7, 11) is 0. The van der Waals surface area contributed by atoms with Crippen molar-refractivity contribution in [1.82, 2.24) is 4.98 Å². The molecule has 0 fully saturated rings. The lowest BCUT2D eigenvalue weighted by Crippen LogP contribution is -2.03. The first-order chi connectivity index (χ1) is 9.51. The maximum Gasteiger partial charge on any atom is 0.335 e. The molecule has 0 aliphatic heterocycles. The first-order valence-electron chi connectivity index (χ1n) is 6.27. The van der Waals surface area contributed by atoms with Crippen LogP contribution in [0.3, 0.4) is 0 Å². The van der Waals surface area contributed by atoms with Gasteiger partial charge in [-0.3, -0.25) is 0 Å². The topological polar surface area (TPSA) is 62.2 Å². The van der Waals surface area contributed by atoms with Gasteiger partial charge in [0.1, 0.15) is 5.82 Å². The van der Waals surface area contributed by atoms with Crippen molar-refractivity contribution in [1.29, 1.82) is 0 Å². The Labute approximate surface area is 126 Å². The van der Waals surface area contributed by atoms with Crippen LogP contribution in [-0.2, 0) is 6.42 Å². The van der Waals surface area contributed by atoms with Gasteiger partial charge in [0, 0.05) is 10.2 Å². The van der Waals surface area contributed by atoms with E-state index in [0.717, 1.165) is 21.4 Å². The van der Waals surface area contributed by atoms with Crippen molar-refractivity contribution in [3.05, 3.63) is 51.6 Å². The van der Waals surface area contributed by atoms with Crippen LogP contribution in [0.25, 0.3) is 0 Å². The number of carboxylic acid groups (broad SMARTS) is 1. The molecule has 1 aromatic carbocycles. The molecule has 104 valence electrons. The first-order valence-corrected chi connectivity index (χ1v) is 7.07. The SMILES string of the molecule is CCc1cc(C(=O)O)cc(Nc2cccc(C)c2Br)n1. The Morgan fingerprint density at radius 3 is 2.80 bits per heavy atom.